The van der Waals surface area contributed by atoms with E-state index in [1.807, 2.05) is 27.8 Å². The standard InChI is InChI=1S/C12H21N3O/c1-7-12(4,16-6)11-14-9(3)8(2)10(13-5)15-11/h7H2,1-6H3,(H,13,14,15). The Morgan fingerprint density at radius 2 is 1.94 bits per heavy atom. The summed E-state index contributed by atoms with van der Waals surface area (Å²) < 4.78 is 5.51. The minimum absolute atomic E-state index is 0.413. The number of methoxy groups -OCH3 is 1. The van der Waals surface area contributed by atoms with Gasteiger partial charge in [0.15, 0.2) is 5.82 Å². The van der Waals surface area contributed by atoms with Gasteiger partial charge in [0.05, 0.1) is 0 Å². The van der Waals surface area contributed by atoms with Crippen molar-refractivity contribution in [2.45, 2.75) is 39.7 Å². The molecule has 4 nitrogen and oxygen atoms in total. The van der Waals surface area contributed by atoms with Crippen molar-refractivity contribution in [2.75, 3.05) is 19.5 Å². The van der Waals surface area contributed by atoms with E-state index < -0.39 is 5.60 Å². The van der Waals surface area contributed by atoms with Gasteiger partial charge in [-0.1, -0.05) is 6.92 Å². The van der Waals surface area contributed by atoms with Crippen LogP contribution in [0.2, 0.25) is 0 Å². The summed E-state index contributed by atoms with van der Waals surface area (Å²) in [6.45, 7) is 8.09. The molecule has 1 aromatic heterocycles. The van der Waals surface area contributed by atoms with Crippen LogP contribution in [0.1, 0.15) is 37.4 Å². The van der Waals surface area contributed by atoms with Gasteiger partial charge < -0.3 is 10.1 Å². The minimum atomic E-state index is -0.413. The van der Waals surface area contributed by atoms with Gasteiger partial charge in [-0.05, 0) is 27.2 Å². The zero-order chi connectivity index (χ0) is 12.3. The van der Waals surface area contributed by atoms with E-state index in [4.69, 9.17) is 4.74 Å². The highest BCUT2D eigenvalue weighted by atomic mass is 16.5. The highest BCUT2D eigenvalue weighted by molar-refractivity contribution is 5.45. The number of anilines is 1. The Morgan fingerprint density at radius 1 is 1.31 bits per heavy atom. The number of ether oxygens (including phenoxy) is 1. The number of nitrogens with zero attached hydrogens (tertiary/aromatic N) is 2. The summed E-state index contributed by atoms with van der Waals surface area (Å²) in [6, 6.07) is 0. The number of hydrogen-bond donors (Lipinski definition) is 1. The molecule has 0 radical (unpaired) electrons. The van der Waals surface area contributed by atoms with E-state index >= 15 is 0 Å². The van der Waals surface area contributed by atoms with Gasteiger partial charge in [0, 0.05) is 25.4 Å². The van der Waals surface area contributed by atoms with Crippen LogP contribution in [0.4, 0.5) is 5.82 Å². The zero-order valence-electron chi connectivity index (χ0n) is 11.0. The fraction of sp³-hybridized carbons (Fsp3) is 0.667. The minimum Gasteiger partial charge on any atom is -0.373 e. The van der Waals surface area contributed by atoms with Crippen molar-refractivity contribution in [3.05, 3.63) is 17.1 Å². The molecule has 1 atom stereocenters. The molecule has 90 valence electrons. The van der Waals surface area contributed by atoms with E-state index in [2.05, 4.69) is 22.2 Å². The average Bonchev–Trinajstić information content (AvgIpc) is 2.31. The fourth-order valence-corrected chi connectivity index (χ4v) is 1.50. The Labute approximate surface area is 97.5 Å². The lowest BCUT2D eigenvalue weighted by Crippen LogP contribution is -2.27. The third kappa shape index (κ3) is 2.16. The molecule has 1 unspecified atom stereocenters. The van der Waals surface area contributed by atoms with Gasteiger partial charge >= 0.3 is 0 Å². The molecule has 0 fully saturated rings. The van der Waals surface area contributed by atoms with Crippen LogP contribution in [0.3, 0.4) is 0 Å². The van der Waals surface area contributed by atoms with Crippen LogP contribution in [0.25, 0.3) is 0 Å². The van der Waals surface area contributed by atoms with E-state index in [-0.39, 0.29) is 0 Å². The largest absolute Gasteiger partial charge is 0.373 e. The second-order valence-electron chi connectivity index (χ2n) is 4.14. The molecule has 0 aliphatic rings. The molecule has 0 bridgehead atoms. The first-order valence-electron chi connectivity index (χ1n) is 5.57. The molecule has 16 heavy (non-hydrogen) atoms. The predicted molar refractivity (Wildman–Crippen MR) is 65.7 cm³/mol. The Bertz CT molecular complexity index is 373. The maximum absolute atomic E-state index is 5.51. The van der Waals surface area contributed by atoms with E-state index in [1.54, 1.807) is 7.11 Å². The Balaban J connectivity index is 3.30. The molecule has 1 heterocycles. The van der Waals surface area contributed by atoms with Crippen molar-refractivity contribution in [3.63, 3.8) is 0 Å². The average molecular weight is 223 g/mol. The zero-order valence-corrected chi connectivity index (χ0v) is 11.0. The Kier molecular flexibility index (Phi) is 3.86. The smallest absolute Gasteiger partial charge is 0.162 e. The molecular formula is C12H21N3O. The third-order valence-corrected chi connectivity index (χ3v) is 3.22. The molecule has 1 aromatic rings. The van der Waals surface area contributed by atoms with E-state index in [9.17, 15) is 0 Å². The van der Waals surface area contributed by atoms with Gasteiger partial charge in [0.2, 0.25) is 0 Å². The number of aromatic nitrogens is 2. The maximum atomic E-state index is 5.51. The summed E-state index contributed by atoms with van der Waals surface area (Å²) in [7, 11) is 3.57. The highest BCUT2D eigenvalue weighted by Gasteiger charge is 2.28. The molecule has 0 saturated carbocycles. The lowest BCUT2D eigenvalue weighted by molar-refractivity contribution is -0.00901. The second kappa shape index (κ2) is 4.78. The number of rotatable bonds is 4. The molecule has 0 spiro atoms. The number of hydrogen-bond acceptors (Lipinski definition) is 4. The maximum Gasteiger partial charge on any atom is 0.162 e. The van der Waals surface area contributed by atoms with Crippen molar-refractivity contribution in [2.24, 2.45) is 0 Å². The topological polar surface area (TPSA) is 47.0 Å². The van der Waals surface area contributed by atoms with Crippen LogP contribution in [-0.4, -0.2) is 24.1 Å². The summed E-state index contributed by atoms with van der Waals surface area (Å²) >= 11 is 0. The van der Waals surface area contributed by atoms with E-state index in [1.165, 1.54) is 0 Å². The molecule has 0 aliphatic heterocycles. The van der Waals surface area contributed by atoms with E-state index in [0.717, 1.165) is 29.3 Å². The summed E-state index contributed by atoms with van der Waals surface area (Å²) in [5.74, 6) is 1.61. The number of aryl methyl sites for hydroxylation is 1. The Morgan fingerprint density at radius 3 is 2.38 bits per heavy atom. The van der Waals surface area contributed by atoms with Gasteiger partial charge in [-0.25, -0.2) is 9.97 Å². The Hall–Kier alpha value is -1.16. The number of nitrogens with one attached hydrogen (secondary N) is 1. The molecular weight excluding hydrogens is 202 g/mol. The third-order valence-electron chi connectivity index (χ3n) is 3.22. The van der Waals surface area contributed by atoms with Crippen LogP contribution >= 0.6 is 0 Å². The summed E-state index contributed by atoms with van der Waals surface area (Å²) in [5.41, 5.74) is 1.66. The SMILES string of the molecule is CCC(C)(OC)c1nc(C)c(C)c(NC)n1. The normalized spacial score (nSPS) is 14.6. The summed E-state index contributed by atoms with van der Waals surface area (Å²) in [6.07, 6.45) is 0.842. The molecule has 0 aromatic carbocycles. The first-order valence-corrected chi connectivity index (χ1v) is 5.57. The van der Waals surface area contributed by atoms with Gasteiger partial charge in [-0.3, -0.25) is 0 Å². The molecule has 1 rings (SSSR count). The monoisotopic (exact) mass is 223 g/mol. The van der Waals surface area contributed by atoms with Crippen LogP contribution in [0, 0.1) is 13.8 Å². The van der Waals surface area contributed by atoms with Gasteiger partial charge in [-0.2, -0.15) is 0 Å². The second-order valence-corrected chi connectivity index (χ2v) is 4.14. The first-order chi connectivity index (χ1) is 7.48. The van der Waals surface area contributed by atoms with Crippen LogP contribution < -0.4 is 5.32 Å². The highest BCUT2D eigenvalue weighted by Crippen LogP contribution is 2.27. The lowest BCUT2D eigenvalue weighted by Gasteiger charge is -2.26. The van der Waals surface area contributed by atoms with Crippen molar-refractivity contribution >= 4 is 5.82 Å². The first kappa shape index (κ1) is 12.9. The molecule has 1 N–H and O–H groups in total. The fourth-order valence-electron chi connectivity index (χ4n) is 1.50. The lowest BCUT2D eigenvalue weighted by atomic mass is 10.0. The van der Waals surface area contributed by atoms with Gasteiger partial charge in [0.1, 0.15) is 11.4 Å². The van der Waals surface area contributed by atoms with Crippen molar-refractivity contribution in [1.82, 2.24) is 9.97 Å². The quantitative estimate of drug-likeness (QED) is 0.851. The molecule has 0 aliphatic carbocycles. The molecule has 4 heteroatoms. The van der Waals surface area contributed by atoms with Crippen molar-refractivity contribution in [1.29, 1.82) is 0 Å². The van der Waals surface area contributed by atoms with E-state index in [0.29, 0.717) is 0 Å². The van der Waals surface area contributed by atoms with Crippen molar-refractivity contribution in [3.8, 4) is 0 Å². The van der Waals surface area contributed by atoms with Crippen LogP contribution in [0.15, 0.2) is 0 Å². The van der Waals surface area contributed by atoms with Crippen LogP contribution in [0.5, 0.6) is 0 Å². The van der Waals surface area contributed by atoms with Crippen molar-refractivity contribution < 1.29 is 4.74 Å². The van der Waals surface area contributed by atoms with Gasteiger partial charge in [0.25, 0.3) is 0 Å². The van der Waals surface area contributed by atoms with Crippen LogP contribution in [-0.2, 0) is 10.3 Å². The predicted octanol–water partition coefficient (Wildman–Crippen LogP) is 2.41. The molecule has 0 amide bonds. The summed E-state index contributed by atoms with van der Waals surface area (Å²) in [4.78, 5) is 9.04. The summed E-state index contributed by atoms with van der Waals surface area (Å²) in [5, 5.41) is 3.09. The molecule has 0 saturated heterocycles. The van der Waals surface area contributed by atoms with Gasteiger partial charge in [-0.15, -0.1) is 0 Å².